The molecule has 0 unspecified atom stereocenters. The minimum Gasteiger partial charge on any atom is -0.490 e. The highest BCUT2D eigenvalue weighted by atomic mass is 32.2. The maximum atomic E-state index is 13.1. The molecule has 1 saturated heterocycles. The summed E-state index contributed by atoms with van der Waals surface area (Å²) in [5, 5.41) is 3.13. The Morgan fingerprint density at radius 2 is 1.64 bits per heavy atom. The van der Waals surface area contributed by atoms with Crippen molar-refractivity contribution in [1.82, 2.24) is 5.32 Å². The van der Waals surface area contributed by atoms with Gasteiger partial charge in [0.15, 0.2) is 16.7 Å². The van der Waals surface area contributed by atoms with Gasteiger partial charge in [0.2, 0.25) is 0 Å². The largest absolute Gasteiger partial charge is 0.490 e. The van der Waals surface area contributed by atoms with Gasteiger partial charge in [-0.1, -0.05) is 18.2 Å². The zero-order valence-corrected chi connectivity index (χ0v) is 18.5. The van der Waals surface area contributed by atoms with Crippen molar-refractivity contribution in [1.29, 1.82) is 0 Å². The number of hydrogen-bond donors (Lipinski definition) is 1. The van der Waals surface area contributed by atoms with Gasteiger partial charge in [-0.2, -0.15) is 0 Å². The van der Waals surface area contributed by atoms with Gasteiger partial charge in [0.1, 0.15) is 18.2 Å². The van der Waals surface area contributed by atoms with Crippen molar-refractivity contribution in [3.8, 4) is 11.5 Å². The Morgan fingerprint density at radius 3 is 2.33 bits per heavy atom. The fourth-order valence-corrected chi connectivity index (χ4v) is 3.85. The maximum absolute atomic E-state index is 13.1. The lowest BCUT2D eigenvalue weighted by molar-refractivity contribution is -0.115. The second-order valence-corrected chi connectivity index (χ2v) is 8.04. The molecule has 0 bridgehead atoms. The molecule has 3 aromatic rings. The average Bonchev–Trinajstić information content (AvgIpc) is 3.14. The first kappa shape index (κ1) is 22.5. The molecule has 8 heteroatoms. The zero-order valence-electron chi connectivity index (χ0n) is 17.7. The molecule has 1 heterocycles. The molecule has 3 aromatic carbocycles. The Labute approximate surface area is 194 Å². The number of rotatable bonds is 7. The normalized spacial score (nSPS) is 15.7. The minimum atomic E-state index is -0.349. The summed E-state index contributed by atoms with van der Waals surface area (Å²) in [6.07, 6.45) is 1.74. The van der Waals surface area contributed by atoms with Gasteiger partial charge in [0, 0.05) is 0 Å². The SMILES string of the molecule is CCOc1cc(/C=C2/SC(=Nc3ccc(F)cc3)NC2=O)ccc1OCc1ccc(F)cc1. The first-order valence-corrected chi connectivity index (χ1v) is 11.0. The highest BCUT2D eigenvalue weighted by molar-refractivity contribution is 8.18. The fourth-order valence-electron chi connectivity index (χ4n) is 3.01. The summed E-state index contributed by atoms with van der Waals surface area (Å²) in [6, 6.07) is 17.2. The first-order chi connectivity index (χ1) is 16.0. The van der Waals surface area contributed by atoms with E-state index in [0.29, 0.717) is 33.9 Å². The lowest BCUT2D eigenvalue weighted by atomic mass is 10.2. The van der Waals surface area contributed by atoms with E-state index in [2.05, 4.69) is 10.3 Å². The predicted octanol–water partition coefficient (Wildman–Crippen LogP) is 5.83. The number of hydrogen-bond acceptors (Lipinski definition) is 5. The molecule has 4 rings (SSSR count). The van der Waals surface area contributed by atoms with Crippen LogP contribution in [0.3, 0.4) is 0 Å². The van der Waals surface area contributed by atoms with Crippen molar-refractivity contribution in [3.63, 3.8) is 0 Å². The van der Waals surface area contributed by atoms with E-state index in [-0.39, 0.29) is 24.1 Å². The fraction of sp³-hybridized carbons (Fsp3) is 0.120. The molecule has 168 valence electrons. The van der Waals surface area contributed by atoms with E-state index in [0.717, 1.165) is 11.1 Å². The van der Waals surface area contributed by atoms with Gasteiger partial charge in [0.05, 0.1) is 17.2 Å². The Balaban J connectivity index is 1.49. The summed E-state index contributed by atoms with van der Waals surface area (Å²) in [5.74, 6) is 0.169. The van der Waals surface area contributed by atoms with Crippen LogP contribution in [0.4, 0.5) is 14.5 Å². The van der Waals surface area contributed by atoms with Gasteiger partial charge in [0.25, 0.3) is 5.91 Å². The number of halogens is 2. The van der Waals surface area contributed by atoms with Crippen molar-refractivity contribution >= 4 is 34.6 Å². The summed E-state index contributed by atoms with van der Waals surface area (Å²) in [6.45, 7) is 2.58. The smallest absolute Gasteiger partial charge is 0.264 e. The third kappa shape index (κ3) is 5.98. The van der Waals surface area contributed by atoms with Crippen LogP contribution in [0.5, 0.6) is 11.5 Å². The molecule has 0 radical (unpaired) electrons. The van der Waals surface area contributed by atoms with Crippen molar-refractivity contribution in [2.75, 3.05) is 6.61 Å². The molecule has 0 aromatic heterocycles. The lowest BCUT2D eigenvalue weighted by Crippen LogP contribution is -2.19. The van der Waals surface area contributed by atoms with Crippen LogP contribution in [0.2, 0.25) is 0 Å². The van der Waals surface area contributed by atoms with Gasteiger partial charge in [-0.15, -0.1) is 0 Å². The van der Waals surface area contributed by atoms with E-state index >= 15 is 0 Å². The predicted molar refractivity (Wildman–Crippen MR) is 126 cm³/mol. The molecule has 0 atom stereocenters. The molecule has 0 saturated carbocycles. The topological polar surface area (TPSA) is 59.9 Å². The minimum absolute atomic E-state index is 0.266. The van der Waals surface area contributed by atoms with Crippen LogP contribution in [0, 0.1) is 11.6 Å². The number of thioether (sulfide) groups is 1. The number of carbonyl (C=O) groups is 1. The van der Waals surface area contributed by atoms with Gasteiger partial charge >= 0.3 is 0 Å². The monoisotopic (exact) mass is 466 g/mol. The third-order valence-electron chi connectivity index (χ3n) is 4.58. The molecule has 1 aliphatic rings. The summed E-state index contributed by atoms with van der Waals surface area (Å²) in [7, 11) is 0. The molecule has 5 nitrogen and oxygen atoms in total. The molecule has 1 aliphatic heterocycles. The van der Waals surface area contributed by atoms with Crippen LogP contribution in [0.15, 0.2) is 76.6 Å². The summed E-state index contributed by atoms with van der Waals surface area (Å²) >= 11 is 1.20. The van der Waals surface area contributed by atoms with Crippen LogP contribution in [0.25, 0.3) is 6.08 Å². The van der Waals surface area contributed by atoms with Crippen molar-refractivity contribution in [3.05, 3.63) is 94.4 Å². The molecule has 1 amide bonds. The van der Waals surface area contributed by atoms with Crippen LogP contribution in [-0.2, 0) is 11.4 Å². The summed E-state index contributed by atoms with van der Waals surface area (Å²) in [5.41, 5.74) is 2.13. The van der Waals surface area contributed by atoms with E-state index in [1.807, 2.05) is 13.0 Å². The highest BCUT2D eigenvalue weighted by Crippen LogP contribution is 2.33. The molecule has 1 N–H and O–H groups in total. The second-order valence-electron chi connectivity index (χ2n) is 7.01. The van der Waals surface area contributed by atoms with Gasteiger partial charge < -0.3 is 14.8 Å². The molecule has 1 fully saturated rings. The number of amidine groups is 1. The number of carbonyl (C=O) groups excluding carboxylic acids is 1. The maximum Gasteiger partial charge on any atom is 0.264 e. The molecular formula is C25H20F2N2O3S. The second kappa shape index (κ2) is 10.3. The Morgan fingerprint density at radius 1 is 0.939 bits per heavy atom. The van der Waals surface area contributed by atoms with E-state index in [1.54, 1.807) is 30.3 Å². The Hall–Kier alpha value is -3.65. The summed E-state index contributed by atoms with van der Waals surface area (Å²) in [4.78, 5) is 17.2. The first-order valence-electron chi connectivity index (χ1n) is 10.2. The Bertz CT molecular complexity index is 1210. The number of amides is 1. The standard InChI is InChI=1S/C25H20F2N2O3S/c1-2-31-22-13-17(5-12-21(22)32-15-16-3-6-18(26)7-4-16)14-23-24(30)29-25(33-23)28-20-10-8-19(27)9-11-20/h3-14H,2,15H2,1H3,(H,28,29,30)/b23-14+. The average molecular weight is 467 g/mol. The number of nitrogens with one attached hydrogen (secondary N) is 1. The van der Waals surface area contributed by atoms with Crippen molar-refractivity contribution < 1.29 is 23.0 Å². The van der Waals surface area contributed by atoms with Crippen LogP contribution >= 0.6 is 11.8 Å². The molecule has 0 aliphatic carbocycles. The summed E-state index contributed by atoms with van der Waals surface area (Å²) < 4.78 is 37.7. The van der Waals surface area contributed by atoms with Gasteiger partial charge in [-0.3, -0.25) is 4.79 Å². The Kier molecular flexibility index (Phi) is 7.04. The quantitative estimate of drug-likeness (QED) is 0.445. The highest BCUT2D eigenvalue weighted by Gasteiger charge is 2.24. The van der Waals surface area contributed by atoms with E-state index in [1.165, 1.54) is 48.2 Å². The number of ether oxygens (including phenoxy) is 2. The van der Waals surface area contributed by atoms with Crippen LogP contribution < -0.4 is 14.8 Å². The lowest BCUT2D eigenvalue weighted by Gasteiger charge is -2.13. The van der Waals surface area contributed by atoms with Crippen LogP contribution in [0.1, 0.15) is 18.1 Å². The van der Waals surface area contributed by atoms with E-state index in [9.17, 15) is 13.6 Å². The molecular weight excluding hydrogens is 446 g/mol. The number of aliphatic imine (C=N–C) groups is 1. The third-order valence-corrected chi connectivity index (χ3v) is 5.49. The van der Waals surface area contributed by atoms with Gasteiger partial charge in [-0.25, -0.2) is 13.8 Å². The zero-order chi connectivity index (χ0) is 23.2. The molecule has 33 heavy (non-hydrogen) atoms. The number of nitrogens with zero attached hydrogens (tertiary/aromatic N) is 1. The van der Waals surface area contributed by atoms with Crippen molar-refractivity contribution in [2.24, 2.45) is 4.99 Å². The van der Waals surface area contributed by atoms with E-state index in [4.69, 9.17) is 9.47 Å². The van der Waals surface area contributed by atoms with E-state index < -0.39 is 0 Å². The van der Waals surface area contributed by atoms with Crippen LogP contribution in [-0.4, -0.2) is 17.7 Å². The van der Waals surface area contributed by atoms with Crippen molar-refractivity contribution in [2.45, 2.75) is 13.5 Å². The van der Waals surface area contributed by atoms with Gasteiger partial charge in [-0.05, 0) is 84.4 Å². The molecule has 0 spiro atoms. The number of benzene rings is 3.